The van der Waals surface area contributed by atoms with E-state index in [4.69, 9.17) is 5.11 Å². The molecule has 0 radical (unpaired) electrons. The molecule has 0 aliphatic rings. The SMILES string of the molecule is O=C(Nc1cc(C(=O)O)[nH]n1)c1cncc(F)c1. The number of carbonyl (C=O) groups excluding carboxylic acids is 1. The maximum absolute atomic E-state index is 12.8. The lowest BCUT2D eigenvalue weighted by atomic mass is 10.2. The number of nitrogens with zero attached hydrogens (tertiary/aromatic N) is 2. The molecule has 7 nitrogen and oxygen atoms in total. The van der Waals surface area contributed by atoms with Crippen LogP contribution in [0.3, 0.4) is 0 Å². The summed E-state index contributed by atoms with van der Waals surface area (Å²) in [5.41, 5.74) is -0.155. The van der Waals surface area contributed by atoms with Gasteiger partial charge in [0, 0.05) is 12.3 Å². The van der Waals surface area contributed by atoms with Gasteiger partial charge in [0.05, 0.1) is 11.8 Å². The Hall–Kier alpha value is -2.77. The zero-order chi connectivity index (χ0) is 13.1. The molecule has 2 heterocycles. The van der Waals surface area contributed by atoms with Crippen molar-refractivity contribution in [3.63, 3.8) is 0 Å². The molecule has 0 saturated heterocycles. The summed E-state index contributed by atoms with van der Waals surface area (Å²) < 4.78 is 12.8. The molecule has 0 aromatic carbocycles. The fourth-order valence-electron chi connectivity index (χ4n) is 1.22. The van der Waals surface area contributed by atoms with Crippen molar-refractivity contribution in [2.75, 3.05) is 5.32 Å². The highest BCUT2D eigenvalue weighted by Gasteiger charge is 2.12. The molecule has 2 rings (SSSR count). The maximum atomic E-state index is 12.8. The van der Waals surface area contributed by atoms with Gasteiger partial charge in [0.15, 0.2) is 5.82 Å². The smallest absolute Gasteiger partial charge is 0.353 e. The molecule has 92 valence electrons. The molecule has 18 heavy (non-hydrogen) atoms. The van der Waals surface area contributed by atoms with Gasteiger partial charge in [-0.15, -0.1) is 0 Å². The normalized spacial score (nSPS) is 10.1. The first kappa shape index (κ1) is 11.7. The molecule has 1 amide bonds. The van der Waals surface area contributed by atoms with E-state index in [2.05, 4.69) is 20.5 Å². The van der Waals surface area contributed by atoms with E-state index < -0.39 is 17.7 Å². The minimum atomic E-state index is -1.20. The van der Waals surface area contributed by atoms with E-state index in [0.717, 1.165) is 18.3 Å². The number of aromatic amines is 1. The molecule has 0 aliphatic carbocycles. The summed E-state index contributed by atoms with van der Waals surface area (Å²) in [6.07, 6.45) is 2.15. The van der Waals surface area contributed by atoms with Gasteiger partial charge in [-0.2, -0.15) is 5.10 Å². The first-order valence-electron chi connectivity index (χ1n) is 4.77. The van der Waals surface area contributed by atoms with Crippen molar-refractivity contribution in [1.82, 2.24) is 15.2 Å². The van der Waals surface area contributed by atoms with Crippen LogP contribution in [-0.2, 0) is 0 Å². The summed E-state index contributed by atoms with van der Waals surface area (Å²) in [7, 11) is 0. The Bertz CT molecular complexity index is 611. The Labute approximate surface area is 99.7 Å². The lowest BCUT2D eigenvalue weighted by molar-refractivity contribution is 0.0690. The number of anilines is 1. The van der Waals surface area contributed by atoms with Crippen molar-refractivity contribution in [2.45, 2.75) is 0 Å². The van der Waals surface area contributed by atoms with E-state index >= 15 is 0 Å². The zero-order valence-electron chi connectivity index (χ0n) is 8.85. The predicted molar refractivity (Wildman–Crippen MR) is 57.7 cm³/mol. The van der Waals surface area contributed by atoms with Crippen LogP contribution in [0.25, 0.3) is 0 Å². The van der Waals surface area contributed by atoms with E-state index in [1.807, 2.05) is 0 Å². The van der Waals surface area contributed by atoms with Gasteiger partial charge in [-0.05, 0) is 6.07 Å². The van der Waals surface area contributed by atoms with Crippen molar-refractivity contribution in [1.29, 1.82) is 0 Å². The van der Waals surface area contributed by atoms with Crippen LogP contribution < -0.4 is 5.32 Å². The molecular formula is C10H7FN4O3. The fourth-order valence-corrected chi connectivity index (χ4v) is 1.22. The summed E-state index contributed by atoms with van der Waals surface area (Å²) in [5, 5.41) is 16.7. The minimum Gasteiger partial charge on any atom is -0.477 e. The van der Waals surface area contributed by atoms with E-state index in [9.17, 15) is 14.0 Å². The quantitative estimate of drug-likeness (QED) is 0.749. The van der Waals surface area contributed by atoms with E-state index in [1.165, 1.54) is 6.20 Å². The highest BCUT2D eigenvalue weighted by molar-refractivity contribution is 6.03. The summed E-state index contributed by atoms with van der Waals surface area (Å²) in [6.45, 7) is 0. The monoisotopic (exact) mass is 250 g/mol. The van der Waals surface area contributed by atoms with Crippen LogP contribution in [-0.4, -0.2) is 32.2 Å². The number of rotatable bonds is 3. The van der Waals surface area contributed by atoms with Crippen LogP contribution >= 0.6 is 0 Å². The molecule has 2 aromatic rings. The molecule has 3 N–H and O–H groups in total. The Kier molecular flexibility index (Phi) is 3.00. The van der Waals surface area contributed by atoms with Gasteiger partial charge in [-0.1, -0.05) is 0 Å². The lowest BCUT2D eigenvalue weighted by Gasteiger charge is -2.00. The number of pyridine rings is 1. The second kappa shape index (κ2) is 4.62. The maximum Gasteiger partial charge on any atom is 0.353 e. The second-order valence-corrected chi connectivity index (χ2v) is 3.32. The fraction of sp³-hybridized carbons (Fsp3) is 0. The molecular weight excluding hydrogens is 243 g/mol. The van der Waals surface area contributed by atoms with Crippen LogP contribution in [0.4, 0.5) is 10.2 Å². The van der Waals surface area contributed by atoms with Crippen LogP contribution in [0.2, 0.25) is 0 Å². The third kappa shape index (κ3) is 2.48. The van der Waals surface area contributed by atoms with E-state index in [1.54, 1.807) is 0 Å². The largest absolute Gasteiger partial charge is 0.477 e. The number of carboxylic acid groups (broad SMARTS) is 1. The number of H-pyrrole nitrogens is 1. The molecule has 0 fully saturated rings. The number of hydrogen-bond donors (Lipinski definition) is 3. The van der Waals surface area contributed by atoms with Gasteiger partial charge < -0.3 is 10.4 Å². The summed E-state index contributed by atoms with van der Waals surface area (Å²) >= 11 is 0. The summed E-state index contributed by atoms with van der Waals surface area (Å²) in [5.74, 6) is -2.45. The average molecular weight is 250 g/mol. The van der Waals surface area contributed by atoms with Crippen molar-refractivity contribution in [2.24, 2.45) is 0 Å². The van der Waals surface area contributed by atoms with Crippen LogP contribution in [0.1, 0.15) is 20.8 Å². The number of hydrogen-bond acceptors (Lipinski definition) is 4. The number of halogens is 1. The van der Waals surface area contributed by atoms with Gasteiger partial charge in [-0.25, -0.2) is 9.18 Å². The highest BCUT2D eigenvalue weighted by Crippen LogP contribution is 2.08. The molecule has 0 aliphatic heterocycles. The van der Waals surface area contributed by atoms with E-state index in [-0.39, 0.29) is 17.1 Å². The third-order valence-electron chi connectivity index (χ3n) is 2.02. The third-order valence-corrected chi connectivity index (χ3v) is 2.02. The van der Waals surface area contributed by atoms with Crippen molar-refractivity contribution in [3.8, 4) is 0 Å². The number of aromatic carboxylic acids is 1. The molecule has 0 atom stereocenters. The number of carbonyl (C=O) groups is 2. The van der Waals surface area contributed by atoms with Crippen LogP contribution in [0.5, 0.6) is 0 Å². The molecule has 0 unspecified atom stereocenters. The lowest BCUT2D eigenvalue weighted by Crippen LogP contribution is -2.12. The van der Waals surface area contributed by atoms with Gasteiger partial charge in [0.1, 0.15) is 11.5 Å². The standard InChI is InChI=1S/C10H7FN4O3/c11-6-1-5(3-12-4-6)9(16)13-8-2-7(10(17)18)14-15-8/h1-4H,(H,17,18)(H2,13,14,15,16). The van der Waals surface area contributed by atoms with Gasteiger partial charge in [0.25, 0.3) is 5.91 Å². The zero-order valence-corrected chi connectivity index (χ0v) is 8.85. The molecule has 2 aromatic heterocycles. The Morgan fingerprint density at radius 3 is 2.72 bits per heavy atom. The second-order valence-electron chi connectivity index (χ2n) is 3.32. The Morgan fingerprint density at radius 2 is 2.11 bits per heavy atom. The van der Waals surface area contributed by atoms with Crippen LogP contribution in [0.15, 0.2) is 24.5 Å². The molecule has 0 spiro atoms. The first-order valence-corrected chi connectivity index (χ1v) is 4.77. The number of carboxylic acids is 1. The van der Waals surface area contributed by atoms with Gasteiger partial charge in [0.2, 0.25) is 0 Å². The summed E-state index contributed by atoms with van der Waals surface area (Å²) in [4.78, 5) is 25.7. The van der Waals surface area contributed by atoms with Crippen molar-refractivity contribution < 1.29 is 19.1 Å². The molecule has 0 bridgehead atoms. The Morgan fingerprint density at radius 1 is 1.33 bits per heavy atom. The number of aromatic nitrogens is 3. The highest BCUT2D eigenvalue weighted by atomic mass is 19.1. The van der Waals surface area contributed by atoms with E-state index in [0.29, 0.717) is 0 Å². The van der Waals surface area contributed by atoms with Crippen molar-refractivity contribution in [3.05, 3.63) is 41.6 Å². The first-order chi connectivity index (χ1) is 8.56. The van der Waals surface area contributed by atoms with Crippen molar-refractivity contribution >= 4 is 17.7 Å². The minimum absolute atomic E-state index is 0.00914. The summed E-state index contributed by atoms with van der Waals surface area (Å²) in [6, 6.07) is 2.15. The molecule has 8 heteroatoms. The van der Waals surface area contributed by atoms with Crippen LogP contribution in [0, 0.1) is 5.82 Å². The van der Waals surface area contributed by atoms with Gasteiger partial charge >= 0.3 is 5.97 Å². The molecule has 0 saturated carbocycles. The number of amides is 1. The van der Waals surface area contributed by atoms with Gasteiger partial charge in [-0.3, -0.25) is 14.9 Å². The Balaban J connectivity index is 2.13. The predicted octanol–water partition coefficient (Wildman–Crippen LogP) is 0.894. The number of nitrogens with one attached hydrogen (secondary N) is 2. The average Bonchev–Trinajstić information content (AvgIpc) is 2.77. The topological polar surface area (TPSA) is 108 Å².